The molecular weight excluding hydrogens is 512 g/mol. The Bertz CT molecular complexity index is 2180. The van der Waals surface area contributed by atoms with Crippen LogP contribution in [0.25, 0.3) is 55.1 Å². The Labute approximate surface area is 243 Å². The fourth-order valence-electron chi connectivity index (χ4n) is 5.97. The van der Waals surface area contributed by atoms with Crippen LogP contribution in [0.3, 0.4) is 0 Å². The van der Waals surface area contributed by atoms with Crippen LogP contribution in [0.2, 0.25) is 0 Å². The van der Waals surface area contributed by atoms with E-state index < -0.39 is 0 Å². The molecule has 2 heterocycles. The Morgan fingerprint density at radius 2 is 1.12 bits per heavy atom. The third kappa shape index (κ3) is 4.03. The van der Waals surface area contributed by atoms with Gasteiger partial charge in [-0.25, -0.2) is 0 Å². The van der Waals surface area contributed by atoms with E-state index in [1.807, 2.05) is 24.4 Å². The van der Waals surface area contributed by atoms with Gasteiger partial charge in [0, 0.05) is 22.7 Å². The second-order valence-electron chi connectivity index (χ2n) is 10.4. The third-order valence-corrected chi connectivity index (χ3v) is 7.93. The molecule has 0 bridgehead atoms. The summed E-state index contributed by atoms with van der Waals surface area (Å²) in [5, 5.41) is 3.36. The van der Waals surface area contributed by atoms with E-state index in [1.54, 1.807) is 0 Å². The number of aromatic nitrogens is 1. The molecule has 3 heteroatoms. The zero-order chi connectivity index (χ0) is 27.9. The Hall–Kier alpha value is -5.67. The maximum absolute atomic E-state index is 6.50. The lowest BCUT2D eigenvalue weighted by Gasteiger charge is -2.27. The molecule has 2 aromatic heterocycles. The number of rotatable bonds is 5. The first-order valence-electron chi connectivity index (χ1n) is 14.1. The van der Waals surface area contributed by atoms with Gasteiger partial charge in [-0.2, -0.15) is 0 Å². The Morgan fingerprint density at radius 1 is 0.452 bits per heavy atom. The first-order valence-corrected chi connectivity index (χ1v) is 14.1. The Kier molecular flexibility index (Phi) is 5.79. The monoisotopic (exact) mass is 538 g/mol. The molecule has 6 aromatic carbocycles. The van der Waals surface area contributed by atoms with E-state index >= 15 is 0 Å². The van der Waals surface area contributed by atoms with Gasteiger partial charge in [-0.05, 0) is 70.1 Å². The standard InChI is InChI=1S/C39H26N2O/c1-3-11-27(12-4-1)28-20-22-30(23-21-28)41(36-18-9-17-34-38-37(42-39(34)36)19-10-26-40-38)35-25-24-31(29-13-5-2-6-14-29)32-15-7-8-16-33(32)35/h1-26H. The Morgan fingerprint density at radius 3 is 1.90 bits per heavy atom. The van der Waals surface area contributed by atoms with Crippen LogP contribution in [0.15, 0.2) is 162 Å². The largest absolute Gasteiger partial charge is 0.452 e. The summed E-state index contributed by atoms with van der Waals surface area (Å²) in [5.74, 6) is 0. The summed E-state index contributed by atoms with van der Waals surface area (Å²) in [5.41, 5.74) is 10.3. The molecule has 42 heavy (non-hydrogen) atoms. The highest BCUT2D eigenvalue weighted by Gasteiger charge is 2.22. The second-order valence-corrected chi connectivity index (χ2v) is 10.4. The summed E-state index contributed by atoms with van der Waals surface area (Å²) in [7, 11) is 0. The van der Waals surface area contributed by atoms with Crippen molar-refractivity contribution in [3.8, 4) is 22.3 Å². The number of anilines is 3. The van der Waals surface area contributed by atoms with Gasteiger partial charge in [0.05, 0.1) is 11.4 Å². The van der Waals surface area contributed by atoms with Gasteiger partial charge in [-0.3, -0.25) is 4.98 Å². The molecule has 0 atom stereocenters. The van der Waals surface area contributed by atoms with Crippen LogP contribution in [-0.4, -0.2) is 4.98 Å². The molecule has 0 fully saturated rings. The fraction of sp³-hybridized carbons (Fsp3) is 0. The molecule has 0 N–H and O–H groups in total. The van der Waals surface area contributed by atoms with Crippen LogP contribution in [0.4, 0.5) is 17.1 Å². The number of pyridine rings is 1. The minimum atomic E-state index is 0.781. The number of nitrogens with zero attached hydrogens (tertiary/aromatic N) is 2. The van der Waals surface area contributed by atoms with Gasteiger partial charge < -0.3 is 9.32 Å². The molecule has 0 unspecified atom stereocenters. The summed E-state index contributed by atoms with van der Waals surface area (Å²) < 4.78 is 6.50. The minimum Gasteiger partial charge on any atom is -0.452 e. The van der Waals surface area contributed by atoms with E-state index in [-0.39, 0.29) is 0 Å². The number of benzene rings is 6. The lowest BCUT2D eigenvalue weighted by atomic mass is 9.96. The van der Waals surface area contributed by atoms with Gasteiger partial charge in [0.1, 0.15) is 5.52 Å². The maximum atomic E-state index is 6.50. The van der Waals surface area contributed by atoms with Crippen LogP contribution in [0.5, 0.6) is 0 Å². The maximum Gasteiger partial charge on any atom is 0.161 e. The summed E-state index contributed by atoms with van der Waals surface area (Å²) in [6, 6.07) is 53.2. The van der Waals surface area contributed by atoms with E-state index in [0.29, 0.717) is 0 Å². The number of furan rings is 1. The van der Waals surface area contributed by atoms with E-state index in [0.717, 1.165) is 44.5 Å². The molecule has 0 spiro atoms. The van der Waals surface area contributed by atoms with Crippen molar-refractivity contribution >= 4 is 49.9 Å². The molecule has 3 nitrogen and oxygen atoms in total. The van der Waals surface area contributed by atoms with Crippen LogP contribution < -0.4 is 4.90 Å². The molecular formula is C39H26N2O. The summed E-state index contributed by atoms with van der Waals surface area (Å²) in [6.07, 6.45) is 1.82. The molecule has 8 aromatic rings. The molecule has 0 aliphatic rings. The van der Waals surface area contributed by atoms with Gasteiger partial charge in [0.25, 0.3) is 0 Å². The quantitative estimate of drug-likeness (QED) is 0.218. The van der Waals surface area contributed by atoms with Crippen molar-refractivity contribution in [1.82, 2.24) is 4.98 Å². The third-order valence-electron chi connectivity index (χ3n) is 7.93. The van der Waals surface area contributed by atoms with Crippen molar-refractivity contribution < 1.29 is 4.42 Å². The number of hydrogen-bond acceptors (Lipinski definition) is 3. The van der Waals surface area contributed by atoms with Crippen molar-refractivity contribution in [1.29, 1.82) is 0 Å². The van der Waals surface area contributed by atoms with Crippen molar-refractivity contribution in [3.05, 3.63) is 158 Å². The molecule has 0 aliphatic heterocycles. The van der Waals surface area contributed by atoms with Crippen molar-refractivity contribution in [2.75, 3.05) is 4.90 Å². The van der Waals surface area contributed by atoms with Crippen LogP contribution >= 0.6 is 0 Å². The predicted molar refractivity (Wildman–Crippen MR) is 175 cm³/mol. The van der Waals surface area contributed by atoms with Gasteiger partial charge in [0.2, 0.25) is 0 Å². The van der Waals surface area contributed by atoms with E-state index in [4.69, 9.17) is 4.42 Å². The van der Waals surface area contributed by atoms with Gasteiger partial charge in [-0.15, -0.1) is 0 Å². The summed E-state index contributed by atoms with van der Waals surface area (Å²) in [6.45, 7) is 0. The topological polar surface area (TPSA) is 29.3 Å². The SMILES string of the molecule is c1ccc(-c2ccc(N(c3ccc(-c4ccccc4)c4ccccc34)c3cccc4c3oc3cccnc34)cc2)cc1. The molecule has 8 rings (SSSR count). The van der Waals surface area contributed by atoms with Crippen molar-refractivity contribution in [2.45, 2.75) is 0 Å². The number of hydrogen-bond donors (Lipinski definition) is 0. The zero-order valence-corrected chi connectivity index (χ0v) is 22.8. The number of para-hydroxylation sites is 1. The fourth-order valence-corrected chi connectivity index (χ4v) is 5.97. The van der Waals surface area contributed by atoms with Crippen LogP contribution in [0.1, 0.15) is 0 Å². The van der Waals surface area contributed by atoms with Crippen LogP contribution in [-0.2, 0) is 0 Å². The van der Waals surface area contributed by atoms with E-state index in [2.05, 4.69) is 143 Å². The lowest BCUT2D eigenvalue weighted by Crippen LogP contribution is -2.11. The van der Waals surface area contributed by atoms with Gasteiger partial charge in [-0.1, -0.05) is 109 Å². The number of fused-ring (bicyclic) bond motifs is 4. The second kappa shape index (κ2) is 10.1. The highest BCUT2D eigenvalue weighted by Crippen LogP contribution is 2.45. The summed E-state index contributed by atoms with van der Waals surface area (Å²) >= 11 is 0. The average Bonchev–Trinajstić information content (AvgIpc) is 3.46. The average molecular weight is 539 g/mol. The molecule has 0 radical (unpaired) electrons. The van der Waals surface area contributed by atoms with Gasteiger partial charge >= 0.3 is 0 Å². The molecule has 0 saturated heterocycles. The van der Waals surface area contributed by atoms with Gasteiger partial charge in [0.15, 0.2) is 11.2 Å². The van der Waals surface area contributed by atoms with E-state index in [9.17, 15) is 0 Å². The van der Waals surface area contributed by atoms with Crippen molar-refractivity contribution in [2.24, 2.45) is 0 Å². The molecule has 198 valence electrons. The highest BCUT2D eigenvalue weighted by molar-refractivity contribution is 6.11. The highest BCUT2D eigenvalue weighted by atomic mass is 16.3. The van der Waals surface area contributed by atoms with Crippen LogP contribution in [0, 0.1) is 0 Å². The van der Waals surface area contributed by atoms with E-state index in [1.165, 1.54) is 27.6 Å². The smallest absolute Gasteiger partial charge is 0.161 e. The van der Waals surface area contributed by atoms with Crippen molar-refractivity contribution in [3.63, 3.8) is 0 Å². The molecule has 0 saturated carbocycles. The molecule has 0 aliphatic carbocycles. The predicted octanol–water partition coefficient (Wildman–Crippen LogP) is 10.9. The zero-order valence-electron chi connectivity index (χ0n) is 22.8. The minimum absolute atomic E-state index is 0.781. The first-order chi connectivity index (χ1) is 20.8. The normalized spacial score (nSPS) is 11.3. The molecule has 0 amide bonds. The summed E-state index contributed by atoms with van der Waals surface area (Å²) in [4.78, 5) is 6.96. The first kappa shape index (κ1) is 24.2. The lowest BCUT2D eigenvalue weighted by molar-refractivity contribution is 0.668. The Balaban J connectivity index is 1.39.